The molecule has 2 amide bonds. The van der Waals surface area contributed by atoms with Crippen LogP contribution in [0, 0.1) is 0 Å². The lowest BCUT2D eigenvalue weighted by molar-refractivity contribution is 0.240. The normalized spacial score (nSPS) is 15.3. The van der Waals surface area contributed by atoms with Gasteiger partial charge in [-0.25, -0.2) is 4.79 Å². The Morgan fingerprint density at radius 2 is 2.19 bits per heavy atom. The molecule has 86 valence electrons. The Kier molecular flexibility index (Phi) is 3.19. The number of carbonyl (C=O) groups excluding carboxylic acids is 1. The molecule has 0 spiro atoms. The third kappa shape index (κ3) is 2.58. The predicted molar refractivity (Wildman–Crippen MR) is 65.7 cm³/mol. The number of carbonyl (C=O) groups is 1. The standard InChI is InChI=1S/C11H14ClN3O/c12-9-6-8(4-5-10(9)13)15-11(16)14-7-2-1-3-7/h4-7H,1-3,13H2,(H2,14,15,16). The lowest BCUT2D eigenvalue weighted by Gasteiger charge is -2.26. The van der Waals surface area contributed by atoms with Crippen LogP contribution in [0.3, 0.4) is 0 Å². The minimum atomic E-state index is -0.189. The van der Waals surface area contributed by atoms with Gasteiger partial charge in [-0.3, -0.25) is 0 Å². The summed E-state index contributed by atoms with van der Waals surface area (Å²) in [6.07, 6.45) is 3.32. The minimum absolute atomic E-state index is 0.189. The van der Waals surface area contributed by atoms with Gasteiger partial charge in [0.2, 0.25) is 0 Å². The van der Waals surface area contributed by atoms with E-state index in [1.54, 1.807) is 18.2 Å². The highest BCUT2D eigenvalue weighted by atomic mass is 35.5. The summed E-state index contributed by atoms with van der Waals surface area (Å²) >= 11 is 5.84. The fourth-order valence-corrected chi connectivity index (χ4v) is 1.69. The molecule has 0 radical (unpaired) electrons. The molecule has 0 atom stereocenters. The van der Waals surface area contributed by atoms with Crippen molar-refractivity contribution in [3.8, 4) is 0 Å². The molecule has 0 saturated heterocycles. The second kappa shape index (κ2) is 4.61. The van der Waals surface area contributed by atoms with Crippen LogP contribution >= 0.6 is 11.6 Å². The number of nitrogens with one attached hydrogen (secondary N) is 2. The number of rotatable bonds is 2. The van der Waals surface area contributed by atoms with Gasteiger partial charge in [0.1, 0.15) is 0 Å². The van der Waals surface area contributed by atoms with Crippen molar-refractivity contribution in [1.82, 2.24) is 5.32 Å². The minimum Gasteiger partial charge on any atom is -0.398 e. The highest BCUT2D eigenvalue weighted by Gasteiger charge is 2.19. The highest BCUT2D eigenvalue weighted by molar-refractivity contribution is 6.33. The Morgan fingerprint density at radius 1 is 1.44 bits per heavy atom. The fourth-order valence-electron chi connectivity index (χ4n) is 1.51. The summed E-state index contributed by atoms with van der Waals surface area (Å²) in [6, 6.07) is 5.16. The molecule has 4 nitrogen and oxygen atoms in total. The van der Waals surface area contributed by atoms with E-state index in [0.29, 0.717) is 22.4 Å². The number of urea groups is 1. The highest BCUT2D eigenvalue weighted by Crippen LogP contribution is 2.23. The molecule has 16 heavy (non-hydrogen) atoms. The summed E-state index contributed by atoms with van der Waals surface area (Å²) in [6.45, 7) is 0. The zero-order valence-electron chi connectivity index (χ0n) is 8.79. The molecular weight excluding hydrogens is 226 g/mol. The average molecular weight is 240 g/mol. The first-order valence-corrected chi connectivity index (χ1v) is 5.65. The zero-order valence-corrected chi connectivity index (χ0v) is 9.55. The monoisotopic (exact) mass is 239 g/mol. The molecule has 4 N–H and O–H groups in total. The van der Waals surface area contributed by atoms with E-state index in [-0.39, 0.29) is 6.03 Å². The molecule has 0 aromatic heterocycles. The van der Waals surface area contributed by atoms with E-state index >= 15 is 0 Å². The second-order valence-electron chi connectivity index (χ2n) is 3.96. The van der Waals surface area contributed by atoms with Gasteiger partial charge in [0.25, 0.3) is 0 Å². The van der Waals surface area contributed by atoms with Crippen LogP contribution < -0.4 is 16.4 Å². The van der Waals surface area contributed by atoms with Gasteiger partial charge >= 0.3 is 6.03 Å². The van der Waals surface area contributed by atoms with E-state index in [1.165, 1.54) is 6.42 Å². The molecule has 0 aliphatic heterocycles. The van der Waals surface area contributed by atoms with Crippen LogP contribution in [0.1, 0.15) is 19.3 Å². The maximum absolute atomic E-state index is 11.5. The van der Waals surface area contributed by atoms with Crippen molar-refractivity contribution in [3.63, 3.8) is 0 Å². The van der Waals surface area contributed by atoms with Gasteiger partial charge in [0.15, 0.2) is 0 Å². The molecule has 0 bridgehead atoms. The number of hydrogen-bond acceptors (Lipinski definition) is 2. The Hall–Kier alpha value is -1.42. The molecule has 1 fully saturated rings. The van der Waals surface area contributed by atoms with E-state index in [9.17, 15) is 4.79 Å². The Balaban J connectivity index is 1.92. The molecule has 1 aromatic carbocycles. The van der Waals surface area contributed by atoms with Gasteiger partial charge in [-0.1, -0.05) is 11.6 Å². The maximum atomic E-state index is 11.5. The number of nitrogens with two attached hydrogens (primary N) is 1. The van der Waals surface area contributed by atoms with Gasteiger partial charge in [0.05, 0.1) is 10.7 Å². The summed E-state index contributed by atoms with van der Waals surface area (Å²) in [4.78, 5) is 11.5. The van der Waals surface area contributed by atoms with E-state index in [2.05, 4.69) is 10.6 Å². The van der Waals surface area contributed by atoms with Gasteiger partial charge in [-0.05, 0) is 37.5 Å². The van der Waals surface area contributed by atoms with Crippen molar-refractivity contribution in [2.75, 3.05) is 11.1 Å². The Morgan fingerprint density at radius 3 is 2.75 bits per heavy atom. The molecule has 5 heteroatoms. The van der Waals surface area contributed by atoms with Crippen molar-refractivity contribution in [2.24, 2.45) is 0 Å². The predicted octanol–water partition coefficient (Wildman–Crippen LogP) is 2.60. The van der Waals surface area contributed by atoms with Crippen LogP contribution in [-0.2, 0) is 0 Å². The number of hydrogen-bond donors (Lipinski definition) is 3. The van der Waals surface area contributed by atoms with Crippen LogP contribution in [-0.4, -0.2) is 12.1 Å². The smallest absolute Gasteiger partial charge is 0.319 e. The molecule has 0 unspecified atom stereocenters. The lowest BCUT2D eigenvalue weighted by atomic mass is 9.93. The summed E-state index contributed by atoms with van der Waals surface area (Å²) in [5, 5.41) is 6.04. The van der Waals surface area contributed by atoms with Gasteiger partial charge < -0.3 is 16.4 Å². The van der Waals surface area contributed by atoms with Crippen LogP contribution in [0.5, 0.6) is 0 Å². The van der Waals surface area contributed by atoms with Crippen molar-refractivity contribution < 1.29 is 4.79 Å². The number of halogens is 1. The first-order valence-electron chi connectivity index (χ1n) is 5.27. The van der Waals surface area contributed by atoms with Crippen LogP contribution in [0.15, 0.2) is 18.2 Å². The number of benzene rings is 1. The van der Waals surface area contributed by atoms with Crippen LogP contribution in [0.4, 0.5) is 16.2 Å². The lowest BCUT2D eigenvalue weighted by Crippen LogP contribution is -2.41. The van der Waals surface area contributed by atoms with Gasteiger partial charge in [0, 0.05) is 11.7 Å². The molecular formula is C11H14ClN3O. The first-order chi connectivity index (χ1) is 7.65. The van der Waals surface area contributed by atoms with E-state index in [0.717, 1.165) is 12.8 Å². The summed E-state index contributed by atoms with van der Waals surface area (Å²) in [5.74, 6) is 0. The molecule has 1 aromatic rings. The summed E-state index contributed by atoms with van der Waals surface area (Å²) < 4.78 is 0. The SMILES string of the molecule is Nc1ccc(NC(=O)NC2CCC2)cc1Cl. The molecule has 1 aliphatic carbocycles. The molecule has 0 heterocycles. The van der Waals surface area contributed by atoms with Crippen molar-refractivity contribution in [3.05, 3.63) is 23.2 Å². The number of amides is 2. The van der Waals surface area contributed by atoms with Crippen LogP contribution in [0.25, 0.3) is 0 Å². The molecule has 1 aliphatic rings. The first kappa shape index (κ1) is 11.1. The third-order valence-corrected chi connectivity index (χ3v) is 3.03. The van der Waals surface area contributed by atoms with Crippen molar-refractivity contribution in [1.29, 1.82) is 0 Å². The summed E-state index contributed by atoms with van der Waals surface area (Å²) in [5.41, 5.74) is 6.73. The average Bonchev–Trinajstić information content (AvgIpc) is 2.18. The second-order valence-corrected chi connectivity index (χ2v) is 4.37. The largest absolute Gasteiger partial charge is 0.398 e. The number of anilines is 2. The molecule has 2 rings (SSSR count). The topological polar surface area (TPSA) is 67.1 Å². The van der Waals surface area contributed by atoms with Gasteiger partial charge in [-0.2, -0.15) is 0 Å². The van der Waals surface area contributed by atoms with E-state index < -0.39 is 0 Å². The molecule has 1 saturated carbocycles. The zero-order chi connectivity index (χ0) is 11.5. The van der Waals surface area contributed by atoms with E-state index in [4.69, 9.17) is 17.3 Å². The quantitative estimate of drug-likeness (QED) is 0.695. The van der Waals surface area contributed by atoms with Crippen molar-refractivity contribution >= 4 is 29.0 Å². The third-order valence-electron chi connectivity index (χ3n) is 2.70. The number of nitrogen functional groups attached to an aromatic ring is 1. The maximum Gasteiger partial charge on any atom is 0.319 e. The van der Waals surface area contributed by atoms with Gasteiger partial charge in [-0.15, -0.1) is 0 Å². The van der Waals surface area contributed by atoms with Crippen LogP contribution in [0.2, 0.25) is 5.02 Å². The summed E-state index contributed by atoms with van der Waals surface area (Å²) in [7, 11) is 0. The fraction of sp³-hybridized carbons (Fsp3) is 0.364. The van der Waals surface area contributed by atoms with Crippen molar-refractivity contribution in [2.45, 2.75) is 25.3 Å². The Labute approximate surface area is 99.2 Å². The Bertz CT molecular complexity index is 404. The van der Waals surface area contributed by atoms with E-state index in [1.807, 2.05) is 0 Å².